The minimum absolute atomic E-state index is 0.170. The number of hydrogen-bond acceptors (Lipinski definition) is 5. The van der Waals surface area contributed by atoms with Crippen LogP contribution in [0.4, 0.5) is 5.82 Å². The summed E-state index contributed by atoms with van der Waals surface area (Å²) >= 11 is 0. The van der Waals surface area contributed by atoms with Gasteiger partial charge in [0.1, 0.15) is 11.5 Å². The molecule has 3 heterocycles. The Morgan fingerprint density at radius 1 is 1.08 bits per heavy atom. The summed E-state index contributed by atoms with van der Waals surface area (Å²) in [6.45, 7) is 8.97. The average molecular weight is 482 g/mol. The van der Waals surface area contributed by atoms with E-state index in [1.54, 1.807) is 10.9 Å². The van der Waals surface area contributed by atoms with Gasteiger partial charge in [0.15, 0.2) is 0 Å². The van der Waals surface area contributed by atoms with Crippen molar-refractivity contribution in [2.75, 3.05) is 24.6 Å². The highest BCUT2D eigenvalue weighted by Gasteiger charge is 2.20. The number of ether oxygens (including phenoxy) is 1. The van der Waals surface area contributed by atoms with E-state index in [1.165, 1.54) is 5.56 Å². The Bertz CT molecular complexity index is 1350. The van der Waals surface area contributed by atoms with Crippen molar-refractivity contribution >= 4 is 11.7 Å². The summed E-state index contributed by atoms with van der Waals surface area (Å²) in [5, 5.41) is 7.85. The summed E-state index contributed by atoms with van der Waals surface area (Å²) in [5.41, 5.74) is 6.33. The number of amides is 1. The fraction of sp³-hybridized carbons (Fsp3) is 0.276. The molecule has 0 bridgehead atoms. The van der Waals surface area contributed by atoms with Crippen molar-refractivity contribution in [2.24, 2.45) is 0 Å². The van der Waals surface area contributed by atoms with E-state index >= 15 is 0 Å². The molecule has 0 aliphatic carbocycles. The van der Waals surface area contributed by atoms with Crippen LogP contribution in [0.15, 0.2) is 73.1 Å². The van der Waals surface area contributed by atoms with Crippen molar-refractivity contribution in [1.82, 2.24) is 20.1 Å². The average Bonchev–Trinajstić information content (AvgIpc) is 3.35. The predicted octanol–water partition coefficient (Wildman–Crippen LogP) is 4.71. The number of nitrogens with zero attached hydrogens (tertiary/aromatic N) is 4. The second-order valence-corrected chi connectivity index (χ2v) is 9.31. The van der Waals surface area contributed by atoms with Crippen LogP contribution in [0.2, 0.25) is 0 Å². The van der Waals surface area contributed by atoms with Gasteiger partial charge in [-0.05, 0) is 61.7 Å². The van der Waals surface area contributed by atoms with Crippen molar-refractivity contribution in [3.8, 4) is 16.9 Å². The molecule has 1 N–H and O–H groups in total. The van der Waals surface area contributed by atoms with Gasteiger partial charge in [-0.3, -0.25) is 4.79 Å². The molecule has 1 unspecified atom stereocenters. The fourth-order valence-corrected chi connectivity index (χ4v) is 4.37. The van der Waals surface area contributed by atoms with Gasteiger partial charge in [-0.15, -0.1) is 0 Å². The van der Waals surface area contributed by atoms with Crippen LogP contribution in [0.25, 0.3) is 16.9 Å². The van der Waals surface area contributed by atoms with Gasteiger partial charge >= 0.3 is 0 Å². The molecule has 1 fully saturated rings. The Kier molecular flexibility index (Phi) is 6.82. The molecule has 5 rings (SSSR count). The Balaban J connectivity index is 1.36. The number of pyridine rings is 1. The first kappa shape index (κ1) is 23.8. The maximum Gasteiger partial charge on any atom is 0.255 e. The smallest absolute Gasteiger partial charge is 0.255 e. The van der Waals surface area contributed by atoms with Gasteiger partial charge in [0, 0.05) is 37.6 Å². The van der Waals surface area contributed by atoms with Crippen molar-refractivity contribution in [3.05, 3.63) is 95.3 Å². The molecule has 4 aromatic rings. The quantitative estimate of drug-likeness (QED) is 0.432. The summed E-state index contributed by atoms with van der Waals surface area (Å²) in [4.78, 5) is 20.2. The number of carbonyl (C=O) groups is 1. The molecular weight excluding hydrogens is 450 g/mol. The first-order valence-corrected chi connectivity index (χ1v) is 12.3. The molecule has 1 amide bonds. The molecule has 7 nitrogen and oxygen atoms in total. The normalized spacial score (nSPS) is 15.6. The number of rotatable bonds is 6. The lowest BCUT2D eigenvalue weighted by atomic mass is 10.0. The number of para-hydroxylation sites is 1. The van der Waals surface area contributed by atoms with Crippen LogP contribution in [0.1, 0.15) is 34.0 Å². The number of aromatic nitrogens is 3. The molecule has 1 aliphatic heterocycles. The van der Waals surface area contributed by atoms with E-state index < -0.39 is 0 Å². The first-order valence-electron chi connectivity index (χ1n) is 12.3. The monoisotopic (exact) mass is 481 g/mol. The molecule has 1 atom stereocenters. The molecule has 36 heavy (non-hydrogen) atoms. The highest BCUT2D eigenvalue weighted by molar-refractivity contribution is 6.00. The zero-order valence-corrected chi connectivity index (χ0v) is 20.9. The molecule has 2 aromatic carbocycles. The first-order chi connectivity index (χ1) is 17.5. The van der Waals surface area contributed by atoms with Gasteiger partial charge in [-0.2, -0.15) is 5.10 Å². The van der Waals surface area contributed by atoms with Crippen LogP contribution in [-0.4, -0.2) is 46.5 Å². The summed E-state index contributed by atoms with van der Waals surface area (Å²) in [7, 11) is 0. The van der Waals surface area contributed by atoms with E-state index in [0.717, 1.165) is 41.3 Å². The third-order valence-electron chi connectivity index (χ3n) is 6.59. The Morgan fingerprint density at radius 3 is 2.64 bits per heavy atom. The minimum atomic E-state index is -0.170. The van der Waals surface area contributed by atoms with Crippen molar-refractivity contribution < 1.29 is 9.53 Å². The largest absolute Gasteiger partial charge is 0.375 e. The lowest BCUT2D eigenvalue weighted by Gasteiger charge is -2.32. The van der Waals surface area contributed by atoms with E-state index in [9.17, 15) is 4.79 Å². The SMILES string of the molecule is Cc1ccc(-c2nn(-c3ccccc3)cc2C(=O)NCc2ccc(N3CCOC(C)C3)nc2)cc1C. The number of hydrogen-bond donors (Lipinski definition) is 1. The molecule has 1 aliphatic rings. The fourth-order valence-electron chi connectivity index (χ4n) is 4.37. The van der Waals surface area contributed by atoms with E-state index in [1.807, 2.05) is 54.7 Å². The predicted molar refractivity (Wildman–Crippen MR) is 142 cm³/mol. The molecular formula is C29H31N5O2. The van der Waals surface area contributed by atoms with Gasteiger partial charge in [-0.25, -0.2) is 9.67 Å². The Hall–Kier alpha value is -3.97. The molecule has 0 saturated carbocycles. The second kappa shape index (κ2) is 10.3. The number of anilines is 1. The number of aryl methyl sites for hydroxylation is 2. The van der Waals surface area contributed by atoms with Crippen LogP contribution in [-0.2, 0) is 11.3 Å². The van der Waals surface area contributed by atoms with Gasteiger partial charge in [0.05, 0.1) is 24.0 Å². The van der Waals surface area contributed by atoms with E-state index in [4.69, 9.17) is 9.84 Å². The van der Waals surface area contributed by atoms with Crippen LogP contribution in [0.5, 0.6) is 0 Å². The van der Waals surface area contributed by atoms with Crippen LogP contribution in [0.3, 0.4) is 0 Å². The molecule has 7 heteroatoms. The maximum atomic E-state index is 13.4. The highest BCUT2D eigenvalue weighted by atomic mass is 16.5. The van der Waals surface area contributed by atoms with Gasteiger partial charge in [-0.1, -0.05) is 36.4 Å². The molecule has 1 saturated heterocycles. The summed E-state index contributed by atoms with van der Waals surface area (Å²) in [6.07, 6.45) is 3.83. The molecule has 2 aromatic heterocycles. The lowest BCUT2D eigenvalue weighted by molar-refractivity contribution is 0.0529. The Labute approximate surface area is 211 Å². The maximum absolute atomic E-state index is 13.4. The summed E-state index contributed by atoms with van der Waals surface area (Å²) < 4.78 is 7.38. The highest BCUT2D eigenvalue weighted by Crippen LogP contribution is 2.26. The zero-order valence-electron chi connectivity index (χ0n) is 20.9. The topological polar surface area (TPSA) is 72.3 Å². The summed E-state index contributed by atoms with van der Waals surface area (Å²) in [5.74, 6) is 0.762. The van der Waals surface area contributed by atoms with Crippen molar-refractivity contribution in [2.45, 2.75) is 33.4 Å². The van der Waals surface area contributed by atoms with Crippen molar-refractivity contribution in [1.29, 1.82) is 0 Å². The number of nitrogens with one attached hydrogen (secondary N) is 1. The zero-order chi connectivity index (χ0) is 25.1. The third kappa shape index (κ3) is 5.16. The van der Waals surface area contributed by atoms with E-state index in [-0.39, 0.29) is 12.0 Å². The Morgan fingerprint density at radius 2 is 1.92 bits per heavy atom. The van der Waals surface area contributed by atoms with Crippen LogP contribution < -0.4 is 10.2 Å². The lowest BCUT2D eigenvalue weighted by Crippen LogP contribution is -2.41. The van der Waals surface area contributed by atoms with Gasteiger partial charge in [0.2, 0.25) is 0 Å². The van der Waals surface area contributed by atoms with Crippen molar-refractivity contribution in [3.63, 3.8) is 0 Å². The molecule has 0 spiro atoms. The van der Waals surface area contributed by atoms with E-state index in [0.29, 0.717) is 24.4 Å². The van der Waals surface area contributed by atoms with Crippen LogP contribution >= 0.6 is 0 Å². The number of morpholine rings is 1. The standard InChI is InChI=1S/C29H31N5O2/c1-20-9-11-24(15-21(20)2)28-26(19-34(32-28)25-7-5-4-6-8-25)29(35)31-17-23-10-12-27(30-16-23)33-13-14-36-22(3)18-33/h4-12,15-16,19,22H,13-14,17-18H2,1-3H3,(H,31,35). The number of carbonyl (C=O) groups excluding carboxylic acids is 1. The van der Waals surface area contributed by atoms with Crippen LogP contribution in [0, 0.1) is 13.8 Å². The minimum Gasteiger partial charge on any atom is -0.375 e. The van der Waals surface area contributed by atoms with E-state index in [2.05, 4.69) is 48.1 Å². The van der Waals surface area contributed by atoms with Gasteiger partial charge < -0.3 is 15.0 Å². The molecule has 0 radical (unpaired) electrons. The van der Waals surface area contributed by atoms with Gasteiger partial charge in [0.25, 0.3) is 5.91 Å². The number of benzene rings is 2. The summed E-state index contributed by atoms with van der Waals surface area (Å²) in [6, 6.07) is 20.0. The second-order valence-electron chi connectivity index (χ2n) is 9.31. The molecule has 184 valence electrons. The third-order valence-corrected chi connectivity index (χ3v) is 6.59.